The van der Waals surface area contributed by atoms with E-state index in [1.54, 1.807) is 0 Å². The van der Waals surface area contributed by atoms with Crippen LogP contribution in [0, 0.1) is 5.82 Å². The minimum absolute atomic E-state index is 0.0733. The van der Waals surface area contributed by atoms with E-state index in [1.165, 1.54) is 4.90 Å². The van der Waals surface area contributed by atoms with Gasteiger partial charge in [-0.05, 0) is 18.2 Å². The quantitative estimate of drug-likeness (QED) is 0.808. The van der Waals surface area contributed by atoms with Crippen molar-refractivity contribution in [3.05, 3.63) is 35.1 Å². The number of carbonyl (C=O) groups is 2. The van der Waals surface area contributed by atoms with E-state index in [-0.39, 0.29) is 31.7 Å². The number of nitrogens with zero attached hydrogens (tertiary/aromatic N) is 2. The molecule has 5 nitrogen and oxygen atoms in total. The van der Waals surface area contributed by atoms with E-state index in [9.17, 15) is 27.2 Å². The first-order chi connectivity index (χ1) is 10.2. The van der Waals surface area contributed by atoms with E-state index in [4.69, 9.17) is 5.11 Å². The Morgan fingerprint density at radius 1 is 1.05 bits per heavy atom. The monoisotopic (exact) mass is 320 g/mol. The molecule has 1 aliphatic heterocycles. The van der Waals surface area contributed by atoms with Gasteiger partial charge in [-0.2, -0.15) is 13.2 Å². The Labute approximate surface area is 122 Å². The predicted octanol–water partition coefficient (Wildman–Crippen LogP) is 2.28. The molecule has 2 rings (SSSR count). The lowest BCUT2D eigenvalue weighted by Gasteiger charge is -2.33. The van der Waals surface area contributed by atoms with E-state index in [2.05, 4.69) is 0 Å². The lowest BCUT2D eigenvalue weighted by molar-refractivity contribution is -0.140. The molecular weight excluding hydrogens is 308 g/mol. The van der Waals surface area contributed by atoms with Gasteiger partial charge in [0.05, 0.1) is 5.56 Å². The second-order valence-electron chi connectivity index (χ2n) is 4.75. The molecule has 1 aromatic rings. The molecule has 22 heavy (non-hydrogen) atoms. The molecule has 9 heteroatoms. The summed E-state index contributed by atoms with van der Waals surface area (Å²) in [5.74, 6) is -2.13. The zero-order chi connectivity index (χ0) is 16.5. The third-order valence-corrected chi connectivity index (χ3v) is 3.36. The molecule has 1 N–H and O–H groups in total. The molecule has 1 aromatic carbocycles. The van der Waals surface area contributed by atoms with Crippen LogP contribution in [0.15, 0.2) is 18.2 Å². The average molecular weight is 320 g/mol. The lowest BCUT2D eigenvalue weighted by atomic mass is 10.1. The Balaban J connectivity index is 2.16. The fraction of sp³-hybridized carbons (Fsp3) is 0.385. The van der Waals surface area contributed by atoms with Gasteiger partial charge in [0.15, 0.2) is 0 Å². The summed E-state index contributed by atoms with van der Waals surface area (Å²) in [6, 6.07) is 2.06. The van der Waals surface area contributed by atoms with Gasteiger partial charge in [0.2, 0.25) is 0 Å². The molecule has 1 heterocycles. The fourth-order valence-electron chi connectivity index (χ4n) is 2.16. The van der Waals surface area contributed by atoms with Gasteiger partial charge in [-0.25, -0.2) is 9.18 Å². The molecule has 1 fully saturated rings. The number of rotatable bonds is 1. The summed E-state index contributed by atoms with van der Waals surface area (Å²) in [6.07, 6.45) is -6.00. The largest absolute Gasteiger partial charge is 0.465 e. The van der Waals surface area contributed by atoms with Crippen LogP contribution in [-0.4, -0.2) is 53.1 Å². The van der Waals surface area contributed by atoms with Crippen molar-refractivity contribution < 1.29 is 32.3 Å². The Morgan fingerprint density at radius 2 is 1.59 bits per heavy atom. The maximum absolute atomic E-state index is 13.2. The maximum atomic E-state index is 13.2. The summed E-state index contributed by atoms with van der Waals surface area (Å²) in [5, 5.41) is 8.79. The zero-order valence-corrected chi connectivity index (χ0v) is 11.2. The Hall–Kier alpha value is -2.32. The van der Waals surface area contributed by atoms with Gasteiger partial charge >= 0.3 is 12.3 Å². The van der Waals surface area contributed by atoms with Crippen molar-refractivity contribution in [3.8, 4) is 0 Å². The summed E-state index contributed by atoms with van der Waals surface area (Å²) in [7, 11) is 0. The van der Waals surface area contributed by atoms with Gasteiger partial charge < -0.3 is 14.9 Å². The van der Waals surface area contributed by atoms with Crippen LogP contribution in [0.1, 0.15) is 15.9 Å². The third kappa shape index (κ3) is 3.29. The average Bonchev–Trinajstić information content (AvgIpc) is 2.46. The molecule has 1 aliphatic rings. The van der Waals surface area contributed by atoms with E-state index < -0.39 is 29.6 Å². The number of alkyl halides is 3. The maximum Gasteiger partial charge on any atom is 0.419 e. The highest BCUT2D eigenvalue weighted by Crippen LogP contribution is 2.32. The molecule has 0 atom stereocenters. The molecule has 0 bridgehead atoms. The second kappa shape index (κ2) is 5.82. The highest BCUT2D eigenvalue weighted by atomic mass is 19.4. The molecule has 1 saturated heterocycles. The van der Waals surface area contributed by atoms with Crippen molar-refractivity contribution in [3.63, 3.8) is 0 Å². The smallest absolute Gasteiger partial charge is 0.419 e. The standard InChI is InChI=1S/C13H12F4N2O3/c14-10-2-1-8(7-9(10)13(15,16)17)11(20)18-3-5-19(6-4-18)12(21)22/h1-2,7H,3-6H2,(H,21,22). The van der Waals surface area contributed by atoms with Gasteiger partial charge in [0.25, 0.3) is 5.91 Å². The predicted molar refractivity (Wildman–Crippen MR) is 66.9 cm³/mol. The highest BCUT2D eigenvalue weighted by molar-refractivity contribution is 5.94. The van der Waals surface area contributed by atoms with Crippen molar-refractivity contribution >= 4 is 12.0 Å². The summed E-state index contributed by atoms with van der Waals surface area (Å²) in [4.78, 5) is 25.2. The molecular formula is C13H12F4N2O3. The number of piperazine rings is 1. The van der Waals surface area contributed by atoms with E-state index in [0.29, 0.717) is 12.1 Å². The molecule has 120 valence electrons. The molecule has 0 unspecified atom stereocenters. The Kier molecular flexibility index (Phi) is 4.25. The van der Waals surface area contributed by atoms with Crippen LogP contribution in [0.2, 0.25) is 0 Å². The zero-order valence-electron chi connectivity index (χ0n) is 11.2. The van der Waals surface area contributed by atoms with Crippen LogP contribution >= 0.6 is 0 Å². The SMILES string of the molecule is O=C(O)N1CCN(C(=O)c2ccc(F)c(C(F)(F)F)c2)CC1. The molecule has 0 aliphatic carbocycles. The van der Waals surface area contributed by atoms with Crippen LogP contribution in [0.25, 0.3) is 0 Å². The third-order valence-electron chi connectivity index (χ3n) is 3.36. The van der Waals surface area contributed by atoms with Gasteiger partial charge in [-0.1, -0.05) is 0 Å². The van der Waals surface area contributed by atoms with Crippen LogP contribution in [0.3, 0.4) is 0 Å². The summed E-state index contributed by atoms with van der Waals surface area (Å²) >= 11 is 0. The minimum atomic E-state index is -4.89. The van der Waals surface area contributed by atoms with Crippen molar-refractivity contribution in [1.82, 2.24) is 9.80 Å². The first kappa shape index (κ1) is 16.1. The number of carboxylic acid groups (broad SMARTS) is 1. The summed E-state index contributed by atoms with van der Waals surface area (Å²) in [5.41, 5.74) is -1.78. The normalized spacial score (nSPS) is 15.8. The number of hydrogen-bond donors (Lipinski definition) is 1. The van der Waals surface area contributed by atoms with Gasteiger partial charge in [0, 0.05) is 31.7 Å². The van der Waals surface area contributed by atoms with Crippen molar-refractivity contribution in [2.24, 2.45) is 0 Å². The molecule has 0 spiro atoms. The Bertz CT molecular complexity index is 595. The van der Waals surface area contributed by atoms with Gasteiger partial charge in [-0.15, -0.1) is 0 Å². The van der Waals surface area contributed by atoms with Crippen LogP contribution in [0.5, 0.6) is 0 Å². The molecule has 0 saturated carbocycles. The van der Waals surface area contributed by atoms with Gasteiger partial charge in [0.1, 0.15) is 5.82 Å². The number of hydrogen-bond acceptors (Lipinski definition) is 2. The topological polar surface area (TPSA) is 60.9 Å². The number of amides is 2. The van der Waals surface area contributed by atoms with Crippen LogP contribution < -0.4 is 0 Å². The van der Waals surface area contributed by atoms with Crippen molar-refractivity contribution in [2.45, 2.75) is 6.18 Å². The van der Waals surface area contributed by atoms with Crippen LogP contribution in [0.4, 0.5) is 22.4 Å². The van der Waals surface area contributed by atoms with Gasteiger partial charge in [-0.3, -0.25) is 4.79 Å². The summed E-state index contributed by atoms with van der Waals surface area (Å²) < 4.78 is 51.1. The number of halogens is 4. The lowest BCUT2D eigenvalue weighted by Crippen LogP contribution is -2.50. The highest BCUT2D eigenvalue weighted by Gasteiger charge is 2.35. The number of carbonyl (C=O) groups excluding carboxylic acids is 1. The van der Waals surface area contributed by atoms with Crippen LogP contribution in [-0.2, 0) is 6.18 Å². The Morgan fingerprint density at radius 3 is 2.09 bits per heavy atom. The first-order valence-corrected chi connectivity index (χ1v) is 6.34. The molecule has 0 aromatic heterocycles. The minimum Gasteiger partial charge on any atom is -0.465 e. The summed E-state index contributed by atoms with van der Waals surface area (Å²) in [6.45, 7) is 0.302. The second-order valence-corrected chi connectivity index (χ2v) is 4.75. The molecule has 0 radical (unpaired) electrons. The number of benzene rings is 1. The van der Waals surface area contributed by atoms with Crippen molar-refractivity contribution in [1.29, 1.82) is 0 Å². The van der Waals surface area contributed by atoms with E-state index >= 15 is 0 Å². The van der Waals surface area contributed by atoms with Crippen molar-refractivity contribution in [2.75, 3.05) is 26.2 Å². The van der Waals surface area contributed by atoms with E-state index in [0.717, 1.165) is 11.0 Å². The molecule has 2 amide bonds. The first-order valence-electron chi connectivity index (χ1n) is 6.34. The van der Waals surface area contributed by atoms with E-state index in [1.807, 2.05) is 0 Å². The fourth-order valence-corrected chi connectivity index (χ4v) is 2.16.